The molecule has 1 aliphatic heterocycles. The number of hydrogen-bond acceptors (Lipinski definition) is 2. The van der Waals surface area contributed by atoms with Crippen LogP contribution < -0.4 is 10.2 Å². The van der Waals surface area contributed by atoms with Gasteiger partial charge in [-0.25, -0.2) is 0 Å². The molecule has 0 bridgehead atoms. The molecule has 4 unspecified atom stereocenters. The van der Waals surface area contributed by atoms with Crippen molar-refractivity contribution in [2.45, 2.75) is 51.4 Å². The molecule has 0 amide bonds. The SMILES string of the molecule is Cc1cc(N2C3C=CC=CC3NC2C2C=CC=CC2)c(C)cc1-c1ccc2c(-c3ccc4ccccc4c3)c3ccccc3c(C3=CC=CCC3)c2c1. The minimum Gasteiger partial charge on any atom is -0.347 e. The zero-order chi connectivity index (χ0) is 35.5. The average molecular weight is 685 g/mol. The Morgan fingerprint density at radius 3 is 2.21 bits per heavy atom. The van der Waals surface area contributed by atoms with Gasteiger partial charge in [0, 0.05) is 11.6 Å². The van der Waals surface area contributed by atoms with Gasteiger partial charge < -0.3 is 4.90 Å². The number of aryl methyl sites for hydroxylation is 2. The Kier molecular flexibility index (Phi) is 7.88. The van der Waals surface area contributed by atoms with E-state index in [1.807, 2.05) is 0 Å². The van der Waals surface area contributed by atoms with Crippen LogP contribution in [0.3, 0.4) is 0 Å². The quantitative estimate of drug-likeness (QED) is 0.182. The molecule has 1 heterocycles. The van der Waals surface area contributed by atoms with Gasteiger partial charge in [0.15, 0.2) is 0 Å². The molecule has 6 aromatic carbocycles. The summed E-state index contributed by atoms with van der Waals surface area (Å²) in [5, 5.41) is 11.8. The van der Waals surface area contributed by atoms with Gasteiger partial charge in [0.05, 0.1) is 18.2 Å². The van der Waals surface area contributed by atoms with Crippen molar-refractivity contribution in [3.05, 3.63) is 181 Å². The van der Waals surface area contributed by atoms with E-state index in [-0.39, 0.29) is 12.2 Å². The van der Waals surface area contributed by atoms with Crippen molar-refractivity contribution < 1.29 is 0 Å². The van der Waals surface area contributed by atoms with Crippen LogP contribution in [0, 0.1) is 19.8 Å². The summed E-state index contributed by atoms with van der Waals surface area (Å²) in [4.78, 5) is 2.66. The summed E-state index contributed by atoms with van der Waals surface area (Å²) in [7, 11) is 0. The van der Waals surface area contributed by atoms with Crippen molar-refractivity contribution in [3.63, 3.8) is 0 Å². The number of fused-ring (bicyclic) bond motifs is 4. The molecule has 258 valence electrons. The molecule has 4 atom stereocenters. The first-order valence-corrected chi connectivity index (χ1v) is 19.3. The Hall–Kier alpha value is -5.70. The maximum Gasteiger partial charge on any atom is 0.0874 e. The third kappa shape index (κ3) is 5.43. The van der Waals surface area contributed by atoms with Crippen LogP contribution in [-0.2, 0) is 0 Å². The molecule has 1 saturated heterocycles. The topological polar surface area (TPSA) is 15.3 Å². The molecule has 0 saturated carbocycles. The largest absolute Gasteiger partial charge is 0.347 e. The van der Waals surface area contributed by atoms with E-state index in [0.29, 0.717) is 12.0 Å². The second kappa shape index (κ2) is 13.1. The number of benzene rings is 6. The van der Waals surface area contributed by atoms with Gasteiger partial charge in [-0.15, -0.1) is 0 Å². The van der Waals surface area contributed by atoms with Crippen molar-refractivity contribution in [2.24, 2.45) is 5.92 Å². The molecule has 6 aromatic rings. The first kappa shape index (κ1) is 32.0. The molecule has 2 nitrogen and oxygen atoms in total. The van der Waals surface area contributed by atoms with E-state index in [9.17, 15) is 0 Å². The summed E-state index contributed by atoms with van der Waals surface area (Å²) in [6.07, 6.45) is 28.5. The monoisotopic (exact) mass is 684 g/mol. The maximum atomic E-state index is 4.00. The lowest BCUT2D eigenvalue weighted by atomic mass is 9.82. The first-order valence-electron chi connectivity index (χ1n) is 19.3. The van der Waals surface area contributed by atoms with Crippen molar-refractivity contribution in [1.29, 1.82) is 0 Å². The highest BCUT2D eigenvalue weighted by Crippen LogP contribution is 2.46. The lowest BCUT2D eigenvalue weighted by Gasteiger charge is -2.36. The van der Waals surface area contributed by atoms with E-state index in [1.165, 1.54) is 82.5 Å². The van der Waals surface area contributed by atoms with Crippen molar-refractivity contribution >= 4 is 43.6 Å². The van der Waals surface area contributed by atoms with E-state index in [2.05, 4.69) is 188 Å². The highest BCUT2D eigenvalue weighted by atomic mass is 15.4. The second-order valence-corrected chi connectivity index (χ2v) is 15.2. The normalized spacial score (nSPS) is 21.9. The number of allylic oxidation sites excluding steroid dienone is 9. The fourth-order valence-electron chi connectivity index (χ4n) is 9.50. The smallest absolute Gasteiger partial charge is 0.0874 e. The molecule has 0 radical (unpaired) electrons. The molecule has 53 heavy (non-hydrogen) atoms. The predicted octanol–water partition coefficient (Wildman–Crippen LogP) is 12.6. The summed E-state index contributed by atoms with van der Waals surface area (Å²) in [6, 6.07) is 37.5. The van der Waals surface area contributed by atoms with Crippen LogP contribution in [0.15, 0.2) is 164 Å². The van der Waals surface area contributed by atoms with E-state index in [0.717, 1.165) is 19.3 Å². The minimum absolute atomic E-state index is 0.227. The van der Waals surface area contributed by atoms with E-state index in [4.69, 9.17) is 0 Å². The summed E-state index contributed by atoms with van der Waals surface area (Å²) in [6.45, 7) is 4.60. The number of nitrogens with one attached hydrogen (secondary N) is 1. The molecule has 3 aliphatic carbocycles. The summed E-state index contributed by atoms with van der Waals surface area (Å²) in [5.74, 6) is 0.418. The Morgan fingerprint density at radius 1 is 0.604 bits per heavy atom. The number of rotatable bonds is 5. The zero-order valence-electron chi connectivity index (χ0n) is 30.5. The summed E-state index contributed by atoms with van der Waals surface area (Å²) >= 11 is 0. The minimum atomic E-state index is 0.227. The van der Waals surface area contributed by atoms with Crippen molar-refractivity contribution in [2.75, 3.05) is 4.90 Å². The lowest BCUT2D eigenvalue weighted by molar-refractivity contribution is 0.450. The summed E-state index contributed by atoms with van der Waals surface area (Å²) < 4.78 is 0. The fourth-order valence-corrected chi connectivity index (χ4v) is 9.50. The number of nitrogens with zero attached hydrogens (tertiary/aromatic N) is 1. The van der Waals surface area contributed by atoms with Crippen LogP contribution in [0.5, 0.6) is 0 Å². The van der Waals surface area contributed by atoms with Gasteiger partial charge in [-0.1, -0.05) is 140 Å². The molecule has 1 N–H and O–H groups in total. The van der Waals surface area contributed by atoms with Crippen molar-refractivity contribution in [1.82, 2.24) is 5.32 Å². The van der Waals surface area contributed by atoms with Crippen LogP contribution >= 0.6 is 0 Å². The lowest BCUT2D eigenvalue weighted by Crippen LogP contribution is -2.44. The van der Waals surface area contributed by atoms with Crippen LogP contribution in [0.1, 0.15) is 36.0 Å². The highest BCUT2D eigenvalue weighted by Gasteiger charge is 2.42. The maximum absolute atomic E-state index is 4.00. The first-order chi connectivity index (χ1) is 26.1. The zero-order valence-corrected chi connectivity index (χ0v) is 30.5. The molecule has 2 heteroatoms. The van der Waals surface area contributed by atoms with Crippen molar-refractivity contribution in [3.8, 4) is 22.3 Å². The molecule has 0 aromatic heterocycles. The van der Waals surface area contributed by atoms with Gasteiger partial charge in [0.1, 0.15) is 0 Å². The van der Waals surface area contributed by atoms with Gasteiger partial charge in [-0.05, 0) is 134 Å². The Morgan fingerprint density at radius 2 is 1.38 bits per heavy atom. The summed E-state index contributed by atoms with van der Waals surface area (Å²) in [5.41, 5.74) is 11.9. The van der Waals surface area contributed by atoms with Gasteiger partial charge in [0.2, 0.25) is 0 Å². The van der Waals surface area contributed by atoms with Gasteiger partial charge in [0.25, 0.3) is 0 Å². The van der Waals surface area contributed by atoms with Crippen LogP contribution in [0.4, 0.5) is 5.69 Å². The second-order valence-electron chi connectivity index (χ2n) is 15.2. The Labute approximate surface area is 312 Å². The standard InChI is InChI=1S/C51H44N2/c1-33-30-48(53-47-24-14-13-23-46(47)52-51(53)37-18-7-4-8-19-37)34(2)29-44(33)39-27-28-43-45(32-39)49(36-16-5-3-6-17-36)41-21-11-12-22-42(41)50(43)40-26-25-35-15-9-10-20-38(35)31-40/h3-5,7-16,18,20-32,37,46-47,51-52H,6,17,19H2,1-2H3. The predicted molar refractivity (Wildman–Crippen MR) is 227 cm³/mol. The van der Waals surface area contributed by atoms with Crippen LogP contribution in [0.2, 0.25) is 0 Å². The van der Waals surface area contributed by atoms with E-state index < -0.39 is 0 Å². The molecular weight excluding hydrogens is 641 g/mol. The highest BCUT2D eigenvalue weighted by molar-refractivity contribution is 6.20. The number of anilines is 1. The Balaban J connectivity index is 1.15. The average Bonchev–Trinajstić information content (AvgIpc) is 3.60. The van der Waals surface area contributed by atoms with Crippen LogP contribution in [-0.4, -0.2) is 18.2 Å². The molecule has 10 rings (SSSR count). The fraction of sp³-hybridized carbons (Fsp3) is 0.176. The van der Waals surface area contributed by atoms with Gasteiger partial charge in [-0.2, -0.15) is 0 Å². The number of hydrogen-bond donors (Lipinski definition) is 1. The third-order valence-electron chi connectivity index (χ3n) is 12.0. The molecular formula is C51H44N2. The molecule has 0 spiro atoms. The Bertz CT molecular complexity index is 2630. The van der Waals surface area contributed by atoms with Gasteiger partial charge >= 0.3 is 0 Å². The van der Waals surface area contributed by atoms with Crippen LogP contribution in [0.25, 0.3) is 60.1 Å². The molecule has 1 fully saturated rings. The third-order valence-corrected chi connectivity index (χ3v) is 12.0. The van der Waals surface area contributed by atoms with E-state index >= 15 is 0 Å². The van der Waals surface area contributed by atoms with E-state index in [1.54, 1.807) is 0 Å². The van der Waals surface area contributed by atoms with Gasteiger partial charge in [-0.3, -0.25) is 5.32 Å². The molecule has 4 aliphatic rings.